The van der Waals surface area contributed by atoms with Gasteiger partial charge >= 0.3 is 6.18 Å². The summed E-state index contributed by atoms with van der Waals surface area (Å²) in [5.74, 6) is -0.0948. The summed E-state index contributed by atoms with van der Waals surface area (Å²) in [6, 6.07) is 2.96. The van der Waals surface area contributed by atoms with Crippen LogP contribution in [-0.2, 0) is 21.1 Å². The van der Waals surface area contributed by atoms with Crippen molar-refractivity contribution in [3.05, 3.63) is 36.3 Å². The summed E-state index contributed by atoms with van der Waals surface area (Å²) >= 11 is 0. The molecule has 0 spiro atoms. The number of rotatable bonds is 7. The van der Waals surface area contributed by atoms with Crippen LogP contribution >= 0.6 is 0 Å². The molecule has 4 rings (SSSR count). The fourth-order valence-corrected chi connectivity index (χ4v) is 4.63. The second-order valence-corrected chi connectivity index (χ2v) is 10.5. The van der Waals surface area contributed by atoms with Gasteiger partial charge in [0.2, 0.25) is 17.7 Å². The molecule has 2 aromatic heterocycles. The third kappa shape index (κ3) is 5.52. The molecule has 2 aliphatic rings. The van der Waals surface area contributed by atoms with Crippen LogP contribution in [0.3, 0.4) is 0 Å². The van der Waals surface area contributed by atoms with Crippen LogP contribution in [0.1, 0.15) is 12.0 Å². The van der Waals surface area contributed by atoms with Gasteiger partial charge in [0.15, 0.2) is 16.4 Å². The Labute approximate surface area is 188 Å². The summed E-state index contributed by atoms with van der Waals surface area (Å²) in [5, 5.41) is -0.415. The average Bonchev–Trinajstić information content (AvgIpc) is 3.05. The van der Waals surface area contributed by atoms with Gasteiger partial charge in [-0.05, 0) is 18.4 Å². The minimum atomic E-state index is -4.43. The van der Waals surface area contributed by atoms with Gasteiger partial charge in [0, 0.05) is 44.1 Å². The van der Waals surface area contributed by atoms with E-state index in [0.29, 0.717) is 44.1 Å². The molecule has 2 aliphatic heterocycles. The number of halogens is 3. The van der Waals surface area contributed by atoms with E-state index < -0.39 is 27.9 Å². The lowest BCUT2D eigenvalue weighted by Gasteiger charge is -2.37. The van der Waals surface area contributed by atoms with Gasteiger partial charge in [-0.25, -0.2) is 23.4 Å². The van der Waals surface area contributed by atoms with Gasteiger partial charge < -0.3 is 14.5 Å². The molecule has 2 aromatic rings. The number of amides is 1. The molecule has 1 amide bonds. The van der Waals surface area contributed by atoms with Crippen molar-refractivity contribution in [3.8, 4) is 5.88 Å². The second-order valence-electron chi connectivity index (χ2n) is 8.19. The predicted molar refractivity (Wildman–Crippen MR) is 113 cm³/mol. The summed E-state index contributed by atoms with van der Waals surface area (Å²) < 4.78 is 64.3. The monoisotopic (exact) mass is 485 g/mol. The van der Waals surface area contributed by atoms with Crippen LogP contribution in [0.5, 0.6) is 5.88 Å². The van der Waals surface area contributed by atoms with E-state index in [1.54, 1.807) is 28.3 Å². The molecule has 2 saturated heterocycles. The first kappa shape index (κ1) is 23.2. The third-order valence-corrected chi connectivity index (χ3v) is 7.16. The summed E-state index contributed by atoms with van der Waals surface area (Å²) in [4.78, 5) is 28.6. The molecule has 0 aromatic carbocycles. The fourth-order valence-electron chi connectivity index (χ4n) is 3.73. The number of sulfone groups is 1. The molecule has 2 fully saturated rings. The number of carbonyl (C=O) groups is 1. The van der Waals surface area contributed by atoms with E-state index in [9.17, 15) is 26.4 Å². The van der Waals surface area contributed by atoms with Crippen molar-refractivity contribution in [2.24, 2.45) is 5.92 Å². The third-order valence-electron chi connectivity index (χ3n) is 5.65. The number of hydrogen-bond donors (Lipinski definition) is 0. The van der Waals surface area contributed by atoms with Crippen molar-refractivity contribution < 1.29 is 31.1 Å². The van der Waals surface area contributed by atoms with E-state index in [1.807, 2.05) is 0 Å². The lowest BCUT2D eigenvalue weighted by molar-refractivity contribution is -0.154. The first-order valence-corrected chi connectivity index (χ1v) is 12.2. The Morgan fingerprint density at radius 2 is 1.82 bits per heavy atom. The molecule has 13 heteroatoms. The smallest absolute Gasteiger partial charge is 0.422 e. The Balaban J connectivity index is 1.32. The minimum absolute atomic E-state index is 0.0927. The summed E-state index contributed by atoms with van der Waals surface area (Å²) in [5.41, 5.74) is 1.28. The number of pyridine rings is 1. The van der Waals surface area contributed by atoms with Crippen molar-refractivity contribution >= 4 is 27.4 Å². The van der Waals surface area contributed by atoms with Gasteiger partial charge in [0.25, 0.3) is 0 Å². The maximum Gasteiger partial charge on any atom is 0.422 e. The number of hydrogen-bond acceptors (Lipinski definition) is 8. The molecule has 0 saturated carbocycles. The highest BCUT2D eigenvalue weighted by Gasteiger charge is 2.37. The van der Waals surface area contributed by atoms with Crippen molar-refractivity contribution in [1.29, 1.82) is 0 Å². The highest BCUT2D eigenvalue weighted by Crippen LogP contribution is 2.28. The normalized spacial score (nSPS) is 19.6. The van der Waals surface area contributed by atoms with E-state index in [-0.39, 0.29) is 17.7 Å². The Morgan fingerprint density at radius 1 is 1.12 bits per heavy atom. The molecule has 1 atom stereocenters. The van der Waals surface area contributed by atoms with Crippen LogP contribution in [-0.4, -0.2) is 73.2 Å². The number of ether oxygens (including phenoxy) is 1. The molecule has 1 unspecified atom stereocenters. The van der Waals surface area contributed by atoms with Gasteiger partial charge in [-0.1, -0.05) is 6.07 Å². The van der Waals surface area contributed by atoms with E-state index in [0.717, 1.165) is 5.56 Å². The second kappa shape index (κ2) is 8.76. The van der Waals surface area contributed by atoms with Crippen LogP contribution in [0.4, 0.5) is 24.8 Å². The maximum absolute atomic E-state index is 12.9. The van der Waals surface area contributed by atoms with Gasteiger partial charge in [-0.15, -0.1) is 0 Å². The molecule has 0 bridgehead atoms. The van der Waals surface area contributed by atoms with E-state index in [4.69, 9.17) is 0 Å². The topological polar surface area (TPSA) is 106 Å². The number of carbonyl (C=O) groups excluding carboxylic acids is 1. The molecule has 33 heavy (non-hydrogen) atoms. The number of nitrogens with zero attached hydrogens (tertiary/aromatic N) is 5. The highest BCUT2D eigenvalue weighted by molar-refractivity contribution is 7.91. The van der Waals surface area contributed by atoms with E-state index in [2.05, 4.69) is 19.7 Å². The van der Waals surface area contributed by atoms with Crippen LogP contribution in [0.25, 0.3) is 0 Å². The van der Waals surface area contributed by atoms with Gasteiger partial charge in [0.1, 0.15) is 0 Å². The number of aromatic nitrogens is 3. The molecule has 9 nitrogen and oxygen atoms in total. The zero-order valence-electron chi connectivity index (χ0n) is 17.7. The van der Waals surface area contributed by atoms with E-state index >= 15 is 0 Å². The Bertz CT molecular complexity index is 1100. The lowest BCUT2D eigenvalue weighted by Crippen LogP contribution is -2.55. The zero-order chi connectivity index (χ0) is 23.8. The summed E-state index contributed by atoms with van der Waals surface area (Å²) in [6.45, 7) is -0.230. The Hall–Kier alpha value is -2.96. The standard InChI is InChI=1S/C20H22F3N5O4S/c1-33(30,31)16-10-27(11-16)19-25-8-15(9-26-19)28-5-4-14(18(28)29)6-13-2-3-17(24-7-13)32-12-20(21,22)23/h2-3,7-9,14,16H,4-6,10-12H2,1H3. The van der Waals surface area contributed by atoms with Crippen molar-refractivity contribution in [3.63, 3.8) is 0 Å². The minimum Gasteiger partial charge on any atom is -0.468 e. The first-order chi connectivity index (χ1) is 15.5. The fraction of sp³-hybridized carbons (Fsp3) is 0.500. The molecule has 0 radical (unpaired) electrons. The number of anilines is 2. The van der Waals surface area contributed by atoms with Gasteiger partial charge in [-0.3, -0.25) is 4.79 Å². The Morgan fingerprint density at radius 3 is 2.39 bits per heavy atom. The van der Waals surface area contributed by atoms with Crippen LogP contribution in [0, 0.1) is 5.92 Å². The predicted octanol–water partition coefficient (Wildman–Crippen LogP) is 1.64. The van der Waals surface area contributed by atoms with Gasteiger partial charge in [-0.2, -0.15) is 13.2 Å². The lowest BCUT2D eigenvalue weighted by atomic mass is 9.99. The van der Waals surface area contributed by atoms with Crippen LogP contribution in [0.2, 0.25) is 0 Å². The quantitative estimate of drug-likeness (QED) is 0.583. The first-order valence-electron chi connectivity index (χ1n) is 10.2. The van der Waals surface area contributed by atoms with Crippen molar-refractivity contribution in [2.75, 3.05) is 42.3 Å². The average molecular weight is 485 g/mol. The SMILES string of the molecule is CS(=O)(=O)C1CN(c2ncc(N3CCC(Cc4ccc(OCC(F)(F)F)nc4)C3=O)cn2)C1. The van der Waals surface area contributed by atoms with E-state index in [1.165, 1.54) is 18.5 Å². The molecule has 4 heterocycles. The molecular weight excluding hydrogens is 463 g/mol. The van der Waals surface area contributed by atoms with Crippen LogP contribution < -0.4 is 14.5 Å². The summed E-state index contributed by atoms with van der Waals surface area (Å²) in [7, 11) is -3.09. The molecular formula is C20H22F3N5O4S. The van der Waals surface area contributed by atoms with Crippen LogP contribution in [0.15, 0.2) is 30.7 Å². The van der Waals surface area contributed by atoms with Crippen molar-refractivity contribution in [2.45, 2.75) is 24.3 Å². The Kier molecular flexibility index (Phi) is 6.16. The highest BCUT2D eigenvalue weighted by atomic mass is 32.2. The molecule has 0 N–H and O–H groups in total. The maximum atomic E-state index is 12.9. The largest absolute Gasteiger partial charge is 0.468 e. The zero-order valence-corrected chi connectivity index (χ0v) is 18.5. The van der Waals surface area contributed by atoms with Gasteiger partial charge in [0.05, 0.1) is 23.3 Å². The van der Waals surface area contributed by atoms with Crippen molar-refractivity contribution in [1.82, 2.24) is 15.0 Å². The molecule has 0 aliphatic carbocycles. The molecule has 178 valence electrons. The number of alkyl halides is 3. The summed E-state index contributed by atoms with van der Waals surface area (Å²) in [6.07, 6.45) is 2.29.